The number of ether oxygens (including phenoxy) is 1. The van der Waals surface area contributed by atoms with Gasteiger partial charge < -0.3 is 4.74 Å². The second-order valence-electron chi connectivity index (χ2n) is 6.05. The van der Waals surface area contributed by atoms with E-state index in [2.05, 4.69) is 10.4 Å². The fourth-order valence-corrected chi connectivity index (χ4v) is 3.23. The summed E-state index contributed by atoms with van der Waals surface area (Å²) in [5.74, 6) is -0.803. The van der Waals surface area contributed by atoms with E-state index in [1.807, 2.05) is 0 Å². The maximum atomic E-state index is 13.6. The third-order valence-corrected chi connectivity index (χ3v) is 5.19. The number of sulfone groups is 1. The first kappa shape index (κ1) is 21.7. The zero-order valence-corrected chi connectivity index (χ0v) is 16.7. The molecule has 0 aliphatic rings. The summed E-state index contributed by atoms with van der Waals surface area (Å²) < 4.78 is 69.0. The number of anilines is 1. The molecule has 3 aromatic rings. The number of carbonyl (C=O) groups excluding carboxylic acids is 1. The molecule has 30 heavy (non-hydrogen) atoms. The van der Waals surface area contributed by atoms with Crippen LogP contribution in [0.2, 0.25) is 5.02 Å². The largest absolute Gasteiger partial charge is 0.437 e. The van der Waals surface area contributed by atoms with Gasteiger partial charge in [0.2, 0.25) is 0 Å². The van der Waals surface area contributed by atoms with Crippen LogP contribution >= 0.6 is 11.6 Å². The molecule has 2 aromatic carbocycles. The molecule has 7 nitrogen and oxygen atoms in total. The van der Waals surface area contributed by atoms with Gasteiger partial charge in [0.05, 0.1) is 16.8 Å². The van der Waals surface area contributed by atoms with Crippen LogP contribution in [0.3, 0.4) is 0 Å². The molecule has 1 heterocycles. The van der Waals surface area contributed by atoms with Crippen molar-refractivity contribution in [2.75, 3.05) is 11.6 Å². The highest BCUT2D eigenvalue weighted by molar-refractivity contribution is 7.90. The summed E-state index contributed by atoms with van der Waals surface area (Å²) in [6.45, 7) is 0. The third-order valence-electron chi connectivity index (χ3n) is 3.81. The Balaban J connectivity index is 1.84. The molecule has 0 bridgehead atoms. The molecule has 0 unspecified atom stereocenters. The van der Waals surface area contributed by atoms with E-state index >= 15 is 0 Å². The van der Waals surface area contributed by atoms with Crippen LogP contribution in [0.15, 0.2) is 59.6 Å². The van der Waals surface area contributed by atoms with Gasteiger partial charge in [-0.25, -0.2) is 17.9 Å². The third kappa shape index (κ3) is 4.92. The van der Waals surface area contributed by atoms with Crippen LogP contribution in [-0.2, 0) is 16.0 Å². The molecule has 0 radical (unpaired) electrons. The van der Waals surface area contributed by atoms with Crippen LogP contribution in [0, 0.1) is 0 Å². The van der Waals surface area contributed by atoms with Crippen LogP contribution in [0.25, 0.3) is 5.69 Å². The maximum Gasteiger partial charge on any atom is 0.437 e. The lowest BCUT2D eigenvalue weighted by Gasteiger charge is -2.13. The quantitative estimate of drug-likeness (QED) is 0.617. The Morgan fingerprint density at radius 1 is 1.10 bits per heavy atom. The van der Waals surface area contributed by atoms with E-state index in [4.69, 9.17) is 16.3 Å². The maximum absolute atomic E-state index is 13.6. The molecule has 0 saturated carbocycles. The molecule has 0 fully saturated rings. The fourth-order valence-electron chi connectivity index (χ4n) is 2.47. The Morgan fingerprint density at radius 2 is 1.70 bits per heavy atom. The molecular formula is C18H13ClF3N3O4S. The van der Waals surface area contributed by atoms with Crippen molar-refractivity contribution in [3.8, 4) is 11.4 Å². The van der Waals surface area contributed by atoms with Gasteiger partial charge in [-0.15, -0.1) is 0 Å². The molecule has 0 saturated heterocycles. The minimum atomic E-state index is -4.87. The van der Waals surface area contributed by atoms with E-state index in [0.29, 0.717) is 9.70 Å². The Kier molecular flexibility index (Phi) is 5.77. The number of halogens is 4. The Bertz CT molecular complexity index is 1170. The summed E-state index contributed by atoms with van der Waals surface area (Å²) in [4.78, 5) is 12.1. The first-order valence-electron chi connectivity index (χ1n) is 8.15. The average Bonchev–Trinajstić information content (AvgIpc) is 3.05. The van der Waals surface area contributed by atoms with E-state index in [-0.39, 0.29) is 16.3 Å². The number of rotatable bonds is 4. The van der Waals surface area contributed by atoms with E-state index in [9.17, 15) is 26.4 Å². The van der Waals surface area contributed by atoms with Gasteiger partial charge in [-0.3, -0.25) is 5.32 Å². The van der Waals surface area contributed by atoms with E-state index in [0.717, 1.165) is 12.5 Å². The first-order chi connectivity index (χ1) is 13.9. The molecule has 0 aliphatic heterocycles. The predicted octanol–water partition coefficient (Wildman–Crippen LogP) is 4.56. The first-order valence-corrected chi connectivity index (χ1v) is 10.4. The molecule has 0 spiro atoms. The van der Waals surface area contributed by atoms with Gasteiger partial charge in [-0.05, 0) is 48.5 Å². The second kappa shape index (κ2) is 8.00. The van der Waals surface area contributed by atoms with Crippen molar-refractivity contribution in [3.05, 3.63) is 65.4 Å². The normalized spacial score (nSPS) is 11.9. The summed E-state index contributed by atoms with van der Waals surface area (Å²) in [7, 11) is -3.43. The lowest BCUT2D eigenvalue weighted by molar-refractivity contribution is -0.143. The number of hydrogen-bond donors (Lipinski definition) is 1. The molecular weight excluding hydrogens is 447 g/mol. The van der Waals surface area contributed by atoms with Crippen molar-refractivity contribution in [1.29, 1.82) is 0 Å². The van der Waals surface area contributed by atoms with Crippen molar-refractivity contribution in [3.63, 3.8) is 0 Å². The van der Waals surface area contributed by atoms with E-state index in [1.165, 1.54) is 48.5 Å². The van der Waals surface area contributed by atoms with Gasteiger partial charge in [0.1, 0.15) is 0 Å². The number of alkyl halides is 3. The minimum absolute atomic E-state index is 0.0185. The van der Waals surface area contributed by atoms with Crippen molar-refractivity contribution >= 4 is 33.2 Å². The van der Waals surface area contributed by atoms with E-state index in [1.54, 1.807) is 0 Å². The number of aromatic nitrogens is 2. The number of nitrogens with one attached hydrogen (secondary N) is 1. The number of nitrogens with zero attached hydrogens (tertiary/aromatic N) is 2. The molecule has 1 amide bonds. The number of amides is 1. The van der Waals surface area contributed by atoms with Crippen LogP contribution in [0.5, 0.6) is 5.75 Å². The zero-order valence-electron chi connectivity index (χ0n) is 15.1. The Hall–Kier alpha value is -3.05. The summed E-state index contributed by atoms with van der Waals surface area (Å²) >= 11 is 5.75. The zero-order chi connectivity index (χ0) is 22.1. The molecule has 0 atom stereocenters. The van der Waals surface area contributed by atoms with Crippen molar-refractivity contribution in [2.24, 2.45) is 0 Å². The Labute approximate surface area is 173 Å². The molecule has 1 aromatic heterocycles. The molecule has 0 aliphatic carbocycles. The van der Waals surface area contributed by atoms with Crippen molar-refractivity contribution in [2.45, 2.75) is 11.1 Å². The predicted molar refractivity (Wildman–Crippen MR) is 103 cm³/mol. The summed E-state index contributed by atoms with van der Waals surface area (Å²) in [5.41, 5.74) is -1.09. The Morgan fingerprint density at radius 3 is 2.23 bits per heavy atom. The van der Waals surface area contributed by atoms with Crippen LogP contribution in [0.1, 0.15) is 5.69 Å². The standard InChI is InChI=1S/C18H13ClF3N3O4S/c1-30(27,28)14-8-4-12(5-9-14)24-17(26)29-15-10-23-25(16(15)18(20,21)22)13-6-2-11(19)3-7-13/h2-10H,1H3,(H,24,26). The van der Waals surface area contributed by atoms with Crippen LogP contribution in [0.4, 0.5) is 23.7 Å². The molecule has 12 heteroatoms. The smallest absolute Gasteiger partial charge is 0.406 e. The van der Waals surface area contributed by atoms with Crippen LogP contribution < -0.4 is 10.1 Å². The second-order valence-corrected chi connectivity index (χ2v) is 8.51. The summed E-state index contributed by atoms with van der Waals surface area (Å²) in [5, 5.41) is 6.22. The summed E-state index contributed by atoms with van der Waals surface area (Å²) in [6, 6.07) is 10.5. The highest BCUT2D eigenvalue weighted by Crippen LogP contribution is 2.37. The molecule has 1 N–H and O–H groups in total. The number of benzene rings is 2. The van der Waals surface area contributed by atoms with Gasteiger partial charge in [-0.1, -0.05) is 11.6 Å². The van der Waals surface area contributed by atoms with Crippen LogP contribution in [-0.4, -0.2) is 30.5 Å². The lowest BCUT2D eigenvalue weighted by atomic mass is 10.3. The highest BCUT2D eigenvalue weighted by atomic mass is 35.5. The summed E-state index contributed by atoms with van der Waals surface area (Å²) in [6.07, 6.45) is -4.30. The monoisotopic (exact) mass is 459 g/mol. The molecule has 3 rings (SSSR count). The van der Waals surface area contributed by atoms with Crippen molar-refractivity contribution < 1.29 is 31.1 Å². The van der Waals surface area contributed by atoms with Gasteiger partial charge in [0, 0.05) is 17.0 Å². The average molecular weight is 460 g/mol. The van der Waals surface area contributed by atoms with Gasteiger partial charge >= 0.3 is 12.3 Å². The van der Waals surface area contributed by atoms with Crippen molar-refractivity contribution in [1.82, 2.24) is 9.78 Å². The SMILES string of the molecule is CS(=O)(=O)c1ccc(NC(=O)Oc2cnn(-c3ccc(Cl)cc3)c2C(F)(F)F)cc1. The molecule has 158 valence electrons. The number of carbonyl (C=O) groups is 1. The highest BCUT2D eigenvalue weighted by Gasteiger charge is 2.40. The van der Waals surface area contributed by atoms with E-state index < -0.39 is 33.6 Å². The fraction of sp³-hybridized carbons (Fsp3) is 0.111. The number of hydrogen-bond acceptors (Lipinski definition) is 5. The van der Waals surface area contributed by atoms with Gasteiger partial charge in [-0.2, -0.15) is 18.3 Å². The topological polar surface area (TPSA) is 90.3 Å². The minimum Gasteiger partial charge on any atom is -0.406 e. The van der Waals surface area contributed by atoms with Gasteiger partial charge in [0.15, 0.2) is 21.3 Å². The van der Waals surface area contributed by atoms with Gasteiger partial charge in [0.25, 0.3) is 0 Å². The lowest BCUT2D eigenvalue weighted by Crippen LogP contribution is -2.20.